The molecule has 0 aliphatic heterocycles. The number of carbonyl (C=O) groups is 1. The third-order valence-electron chi connectivity index (χ3n) is 6.48. The highest BCUT2D eigenvalue weighted by molar-refractivity contribution is 5.79. The summed E-state index contributed by atoms with van der Waals surface area (Å²) in [5, 5.41) is 3.17. The van der Waals surface area contributed by atoms with Crippen molar-refractivity contribution >= 4 is 16.9 Å². The average molecular weight is 354 g/mol. The smallest absolute Gasteiger partial charge is 0.223 e. The van der Waals surface area contributed by atoms with Crippen molar-refractivity contribution in [2.24, 2.45) is 23.5 Å². The standard InChI is InChI=1S/C21H30N4O/c1-2-25-18-9-4-3-8-17(18)24-19(25)10-11-23-21(26)16-12-14-6-5-7-15(13-16)20(14)22/h3-4,8-9,14-16,20H,2,5-7,10-13,22H2,1H3,(H,23,26). The number of benzene rings is 1. The van der Waals surface area contributed by atoms with E-state index in [1.165, 1.54) is 24.8 Å². The Morgan fingerprint density at radius 1 is 1.27 bits per heavy atom. The SMILES string of the molecule is CCn1c(CCNC(=O)C2CC3CCCC(C2)C3N)nc2ccccc21. The Bertz CT molecular complexity index is 769. The first-order chi connectivity index (χ1) is 12.7. The minimum absolute atomic E-state index is 0.148. The van der Waals surface area contributed by atoms with Gasteiger partial charge in [0.1, 0.15) is 5.82 Å². The van der Waals surface area contributed by atoms with Gasteiger partial charge in [-0.15, -0.1) is 0 Å². The van der Waals surface area contributed by atoms with Crippen LogP contribution in [-0.4, -0.2) is 28.0 Å². The predicted octanol–water partition coefficient (Wildman–Crippen LogP) is 2.87. The topological polar surface area (TPSA) is 72.9 Å². The van der Waals surface area contributed by atoms with Crippen LogP contribution in [0.25, 0.3) is 11.0 Å². The second-order valence-corrected chi connectivity index (χ2v) is 8.00. The molecular weight excluding hydrogens is 324 g/mol. The van der Waals surface area contributed by atoms with E-state index in [2.05, 4.69) is 22.9 Å². The lowest BCUT2D eigenvalue weighted by atomic mass is 9.65. The number of para-hydroxylation sites is 2. The van der Waals surface area contributed by atoms with Crippen molar-refractivity contribution in [2.75, 3.05) is 6.54 Å². The second-order valence-electron chi connectivity index (χ2n) is 8.00. The third kappa shape index (κ3) is 3.25. The molecule has 2 unspecified atom stereocenters. The molecular formula is C21H30N4O. The van der Waals surface area contributed by atoms with Gasteiger partial charge in [-0.2, -0.15) is 0 Å². The molecule has 1 amide bonds. The molecule has 2 atom stereocenters. The molecule has 1 heterocycles. The van der Waals surface area contributed by atoms with Crippen LogP contribution in [0.3, 0.4) is 0 Å². The lowest BCUT2D eigenvalue weighted by Crippen LogP contribution is -2.49. The van der Waals surface area contributed by atoms with Crippen LogP contribution in [0.15, 0.2) is 24.3 Å². The van der Waals surface area contributed by atoms with Gasteiger partial charge in [-0.1, -0.05) is 18.6 Å². The van der Waals surface area contributed by atoms with E-state index in [-0.39, 0.29) is 11.8 Å². The predicted molar refractivity (Wildman–Crippen MR) is 104 cm³/mol. The Hall–Kier alpha value is -1.88. The van der Waals surface area contributed by atoms with Crippen LogP contribution in [0.5, 0.6) is 0 Å². The number of fused-ring (bicyclic) bond motifs is 3. The molecule has 1 aromatic heterocycles. The summed E-state index contributed by atoms with van der Waals surface area (Å²) in [4.78, 5) is 17.4. The van der Waals surface area contributed by atoms with Gasteiger partial charge in [-0.25, -0.2) is 4.98 Å². The van der Waals surface area contributed by atoms with E-state index in [4.69, 9.17) is 10.7 Å². The van der Waals surface area contributed by atoms with Crippen molar-refractivity contribution in [3.8, 4) is 0 Å². The second kappa shape index (κ2) is 7.39. The molecule has 3 N–H and O–H groups in total. The van der Waals surface area contributed by atoms with Crippen LogP contribution < -0.4 is 11.1 Å². The van der Waals surface area contributed by atoms with Gasteiger partial charge >= 0.3 is 0 Å². The molecule has 140 valence electrons. The number of imidazole rings is 1. The van der Waals surface area contributed by atoms with Gasteiger partial charge in [-0.05, 0) is 56.6 Å². The number of hydrogen-bond acceptors (Lipinski definition) is 3. The van der Waals surface area contributed by atoms with Gasteiger partial charge < -0.3 is 15.6 Å². The maximum Gasteiger partial charge on any atom is 0.223 e. The minimum Gasteiger partial charge on any atom is -0.355 e. The Kier molecular flexibility index (Phi) is 4.98. The zero-order valence-electron chi connectivity index (χ0n) is 15.7. The number of aryl methyl sites for hydroxylation is 1. The largest absolute Gasteiger partial charge is 0.355 e. The van der Waals surface area contributed by atoms with E-state index in [1.54, 1.807) is 0 Å². The van der Waals surface area contributed by atoms with Gasteiger partial charge in [0, 0.05) is 31.5 Å². The number of hydrogen-bond donors (Lipinski definition) is 2. The van der Waals surface area contributed by atoms with Crippen LogP contribution in [0.2, 0.25) is 0 Å². The minimum atomic E-state index is 0.148. The number of nitrogens with one attached hydrogen (secondary N) is 1. The van der Waals surface area contributed by atoms with Gasteiger partial charge in [0.2, 0.25) is 5.91 Å². The number of nitrogens with zero attached hydrogens (tertiary/aromatic N) is 2. The Morgan fingerprint density at radius 3 is 2.73 bits per heavy atom. The zero-order chi connectivity index (χ0) is 18.1. The summed E-state index contributed by atoms with van der Waals surface area (Å²) in [6.07, 6.45) is 6.38. The van der Waals surface area contributed by atoms with Gasteiger partial charge in [-0.3, -0.25) is 4.79 Å². The normalized spacial score (nSPS) is 28.2. The molecule has 2 fully saturated rings. The maximum atomic E-state index is 12.7. The molecule has 0 saturated heterocycles. The summed E-state index contributed by atoms with van der Waals surface area (Å²) in [6, 6.07) is 8.54. The monoisotopic (exact) mass is 354 g/mol. The molecule has 4 rings (SSSR count). The summed E-state index contributed by atoms with van der Waals surface area (Å²) < 4.78 is 2.24. The van der Waals surface area contributed by atoms with E-state index in [9.17, 15) is 4.79 Å². The van der Waals surface area contributed by atoms with Gasteiger partial charge in [0.05, 0.1) is 11.0 Å². The first-order valence-electron chi connectivity index (χ1n) is 10.1. The number of nitrogens with two attached hydrogens (primary N) is 1. The van der Waals surface area contributed by atoms with E-state index in [0.717, 1.165) is 37.1 Å². The van der Waals surface area contributed by atoms with Crippen molar-refractivity contribution in [1.82, 2.24) is 14.9 Å². The van der Waals surface area contributed by atoms with Crippen LogP contribution in [0.4, 0.5) is 0 Å². The van der Waals surface area contributed by atoms with Crippen molar-refractivity contribution in [3.63, 3.8) is 0 Å². The molecule has 2 bridgehead atoms. The fourth-order valence-electron chi connectivity index (χ4n) is 5.11. The van der Waals surface area contributed by atoms with Crippen molar-refractivity contribution in [2.45, 2.75) is 58.0 Å². The zero-order valence-corrected chi connectivity index (χ0v) is 15.7. The Balaban J connectivity index is 1.36. The highest BCUT2D eigenvalue weighted by Gasteiger charge is 2.40. The Morgan fingerprint density at radius 2 is 2.00 bits per heavy atom. The summed E-state index contributed by atoms with van der Waals surface area (Å²) in [5.41, 5.74) is 8.55. The summed E-state index contributed by atoms with van der Waals surface area (Å²) in [5.74, 6) is 2.50. The number of carbonyl (C=O) groups excluding carboxylic acids is 1. The van der Waals surface area contributed by atoms with Crippen LogP contribution in [-0.2, 0) is 17.8 Å². The van der Waals surface area contributed by atoms with Crippen molar-refractivity contribution < 1.29 is 4.79 Å². The van der Waals surface area contributed by atoms with E-state index in [1.807, 2.05) is 18.2 Å². The number of rotatable bonds is 5. The molecule has 5 heteroatoms. The molecule has 2 aliphatic rings. The van der Waals surface area contributed by atoms with Crippen molar-refractivity contribution in [1.29, 1.82) is 0 Å². The average Bonchev–Trinajstić information content (AvgIpc) is 2.98. The Labute approximate surface area is 155 Å². The van der Waals surface area contributed by atoms with Crippen LogP contribution in [0.1, 0.15) is 44.9 Å². The first-order valence-corrected chi connectivity index (χ1v) is 10.1. The van der Waals surface area contributed by atoms with E-state index < -0.39 is 0 Å². The summed E-state index contributed by atoms with van der Waals surface area (Å²) in [7, 11) is 0. The van der Waals surface area contributed by atoms with Gasteiger partial charge in [0.25, 0.3) is 0 Å². The van der Waals surface area contributed by atoms with Crippen LogP contribution in [0, 0.1) is 17.8 Å². The fraction of sp³-hybridized carbons (Fsp3) is 0.619. The van der Waals surface area contributed by atoms with Crippen LogP contribution >= 0.6 is 0 Å². The third-order valence-corrected chi connectivity index (χ3v) is 6.48. The molecule has 2 saturated carbocycles. The lowest BCUT2D eigenvalue weighted by Gasteiger charge is -2.43. The van der Waals surface area contributed by atoms with Crippen molar-refractivity contribution in [3.05, 3.63) is 30.1 Å². The molecule has 2 aliphatic carbocycles. The highest BCUT2D eigenvalue weighted by Crippen LogP contribution is 2.41. The lowest BCUT2D eigenvalue weighted by molar-refractivity contribution is -0.127. The molecule has 0 radical (unpaired) electrons. The fourth-order valence-corrected chi connectivity index (χ4v) is 5.11. The highest BCUT2D eigenvalue weighted by atomic mass is 16.1. The number of amides is 1. The van der Waals surface area contributed by atoms with E-state index >= 15 is 0 Å². The molecule has 2 aromatic rings. The molecule has 0 spiro atoms. The summed E-state index contributed by atoms with van der Waals surface area (Å²) >= 11 is 0. The van der Waals surface area contributed by atoms with Gasteiger partial charge in [0.15, 0.2) is 0 Å². The summed E-state index contributed by atoms with van der Waals surface area (Å²) in [6.45, 7) is 3.69. The maximum absolute atomic E-state index is 12.7. The molecule has 26 heavy (non-hydrogen) atoms. The number of aromatic nitrogens is 2. The van der Waals surface area contributed by atoms with E-state index in [0.29, 0.717) is 24.4 Å². The quantitative estimate of drug-likeness (QED) is 0.867. The first kappa shape index (κ1) is 17.5. The molecule has 5 nitrogen and oxygen atoms in total. The molecule has 1 aromatic carbocycles.